The van der Waals surface area contributed by atoms with Crippen molar-refractivity contribution in [1.29, 1.82) is 0 Å². The zero-order valence-electron chi connectivity index (χ0n) is 33.6. The molecule has 3 nitrogen and oxygen atoms in total. The molecule has 0 amide bonds. The summed E-state index contributed by atoms with van der Waals surface area (Å²) < 4.78 is 4.85. The Morgan fingerprint density at radius 3 is 1.66 bits per heavy atom. The van der Waals surface area contributed by atoms with Gasteiger partial charge in [0.1, 0.15) is 0 Å². The zero-order chi connectivity index (χ0) is 40.3. The van der Waals surface area contributed by atoms with Crippen LogP contribution in [0.2, 0.25) is 0 Å². The molecule has 0 unspecified atom stereocenters. The third-order valence-corrected chi connectivity index (χ3v) is 12.6. The van der Waals surface area contributed by atoms with E-state index in [4.69, 9.17) is 0 Å². The highest BCUT2D eigenvalue weighted by Crippen LogP contribution is 2.45. The van der Waals surface area contributed by atoms with E-state index in [9.17, 15) is 0 Å². The second-order valence-electron chi connectivity index (χ2n) is 16.0. The smallest absolute Gasteiger partial charge is 0.0562 e. The number of aryl methyl sites for hydroxylation is 1. The molecule has 9 aromatic carbocycles. The lowest BCUT2D eigenvalue weighted by atomic mass is 9.97. The molecule has 2 heterocycles. The fourth-order valence-corrected chi connectivity index (χ4v) is 9.79. The Morgan fingerprint density at radius 1 is 0.377 bits per heavy atom. The van der Waals surface area contributed by atoms with Crippen LogP contribution < -0.4 is 4.90 Å². The van der Waals surface area contributed by atoms with Crippen molar-refractivity contribution in [2.24, 2.45) is 0 Å². The average Bonchev–Trinajstić information content (AvgIpc) is 3.87. The summed E-state index contributed by atoms with van der Waals surface area (Å²) in [6.07, 6.45) is 6.78. The molecular formula is C58H41N3. The van der Waals surface area contributed by atoms with Crippen LogP contribution in [0, 0.1) is 0 Å². The average molecular weight is 780 g/mol. The number of para-hydroxylation sites is 2. The molecule has 1 aliphatic carbocycles. The maximum atomic E-state index is 2.45. The van der Waals surface area contributed by atoms with E-state index in [2.05, 4.69) is 239 Å². The van der Waals surface area contributed by atoms with E-state index in [-0.39, 0.29) is 0 Å². The van der Waals surface area contributed by atoms with Crippen LogP contribution in [0.4, 0.5) is 17.1 Å². The Bertz CT molecular complexity index is 3430. The molecule has 3 heteroatoms. The number of hydrogen-bond acceptors (Lipinski definition) is 1. The number of aromatic nitrogens is 2. The third-order valence-electron chi connectivity index (χ3n) is 12.6. The molecule has 0 aliphatic heterocycles. The maximum absolute atomic E-state index is 2.45. The largest absolute Gasteiger partial charge is 0.310 e. The van der Waals surface area contributed by atoms with Gasteiger partial charge in [-0.3, -0.25) is 0 Å². The van der Waals surface area contributed by atoms with Gasteiger partial charge in [0.2, 0.25) is 0 Å². The zero-order valence-corrected chi connectivity index (χ0v) is 33.6. The molecule has 11 aromatic rings. The Labute approximate surface area is 355 Å². The van der Waals surface area contributed by atoms with Crippen molar-refractivity contribution >= 4 is 66.6 Å². The van der Waals surface area contributed by atoms with E-state index in [1.807, 2.05) is 0 Å². The topological polar surface area (TPSA) is 13.1 Å². The Kier molecular flexibility index (Phi) is 8.31. The van der Waals surface area contributed by atoms with Gasteiger partial charge in [-0.15, -0.1) is 0 Å². The van der Waals surface area contributed by atoms with Gasteiger partial charge < -0.3 is 14.0 Å². The minimum Gasteiger partial charge on any atom is -0.310 e. The summed E-state index contributed by atoms with van der Waals surface area (Å²) in [6, 6.07) is 77.4. The van der Waals surface area contributed by atoms with Crippen LogP contribution in [-0.4, -0.2) is 9.13 Å². The minimum atomic E-state index is 1.06. The monoisotopic (exact) mass is 779 g/mol. The first-order valence-corrected chi connectivity index (χ1v) is 21.2. The van der Waals surface area contributed by atoms with E-state index in [0.717, 1.165) is 35.6 Å². The van der Waals surface area contributed by atoms with E-state index in [1.165, 1.54) is 82.7 Å². The molecule has 0 saturated heterocycles. The van der Waals surface area contributed by atoms with Gasteiger partial charge in [-0.25, -0.2) is 0 Å². The number of hydrogen-bond donors (Lipinski definition) is 0. The summed E-state index contributed by atoms with van der Waals surface area (Å²) in [5, 5.41) is 6.45. The van der Waals surface area contributed by atoms with Gasteiger partial charge in [-0.2, -0.15) is 0 Å². The lowest BCUT2D eigenvalue weighted by Gasteiger charge is -2.27. The fraction of sp³-hybridized carbons (Fsp3) is 0.0345. The standard InChI is InChI=1S/C58H41N3/c1-3-14-40(15-4-1)41-26-33-46(34-27-41)59(54-24-13-25-55-58(54)51-21-10-12-23-53(51)60(55)45-17-5-2-6-18-45)47-35-28-42(29-36-47)43-30-37-48(38-31-43)61-52-22-11-9-20-50(52)57-49-19-8-7-16-44(49)32-39-56(57)61/h1-8,10-19,21-39H,9,20H2. The van der Waals surface area contributed by atoms with Crippen molar-refractivity contribution in [3.63, 3.8) is 0 Å². The molecule has 0 fully saturated rings. The van der Waals surface area contributed by atoms with Gasteiger partial charge in [-0.05, 0) is 130 Å². The SMILES string of the molecule is C1=Cc2c(c3c4ccccc4ccc3n2-c2ccc(-c3ccc(N(c4ccc(-c5ccccc5)cc4)c4cccc5c4c4ccccc4n5-c4ccccc4)cc3)cc2)CC1. The lowest BCUT2D eigenvalue weighted by molar-refractivity contribution is 0.968. The molecule has 12 rings (SSSR count). The van der Waals surface area contributed by atoms with Gasteiger partial charge in [-0.1, -0.05) is 146 Å². The molecule has 1 aliphatic rings. The van der Waals surface area contributed by atoms with Crippen molar-refractivity contribution in [3.05, 3.63) is 230 Å². The highest BCUT2D eigenvalue weighted by atomic mass is 15.1. The van der Waals surface area contributed by atoms with E-state index in [1.54, 1.807) is 0 Å². The summed E-state index contributed by atoms with van der Waals surface area (Å²) >= 11 is 0. The number of benzene rings is 9. The summed E-state index contributed by atoms with van der Waals surface area (Å²) in [5.74, 6) is 0. The van der Waals surface area contributed by atoms with Crippen LogP contribution in [0.5, 0.6) is 0 Å². The first-order chi connectivity index (χ1) is 30.3. The molecule has 61 heavy (non-hydrogen) atoms. The molecule has 2 aromatic heterocycles. The van der Waals surface area contributed by atoms with Crippen molar-refractivity contribution in [2.45, 2.75) is 12.8 Å². The highest BCUT2D eigenvalue weighted by molar-refractivity contribution is 6.16. The summed E-state index contributed by atoms with van der Waals surface area (Å²) in [6.45, 7) is 0. The minimum absolute atomic E-state index is 1.06. The van der Waals surface area contributed by atoms with Crippen LogP contribution in [-0.2, 0) is 6.42 Å². The molecule has 288 valence electrons. The van der Waals surface area contributed by atoms with Crippen LogP contribution in [0.1, 0.15) is 17.7 Å². The van der Waals surface area contributed by atoms with Crippen molar-refractivity contribution in [3.8, 4) is 33.6 Å². The fourth-order valence-electron chi connectivity index (χ4n) is 9.79. The van der Waals surface area contributed by atoms with E-state index >= 15 is 0 Å². The van der Waals surface area contributed by atoms with Gasteiger partial charge >= 0.3 is 0 Å². The summed E-state index contributed by atoms with van der Waals surface area (Å²) in [7, 11) is 0. The molecular weight excluding hydrogens is 739 g/mol. The second-order valence-corrected chi connectivity index (χ2v) is 16.0. The number of nitrogens with zero attached hydrogens (tertiary/aromatic N) is 3. The summed E-state index contributed by atoms with van der Waals surface area (Å²) in [5.41, 5.74) is 16.8. The van der Waals surface area contributed by atoms with Crippen molar-refractivity contribution in [1.82, 2.24) is 9.13 Å². The number of allylic oxidation sites excluding steroid dienone is 1. The van der Waals surface area contributed by atoms with Gasteiger partial charge in [0.05, 0.1) is 22.2 Å². The van der Waals surface area contributed by atoms with Crippen LogP contribution in [0.25, 0.3) is 83.2 Å². The molecule has 0 spiro atoms. The summed E-state index contributed by atoms with van der Waals surface area (Å²) in [4.78, 5) is 2.42. The first-order valence-electron chi connectivity index (χ1n) is 21.2. The normalized spacial score (nSPS) is 12.4. The molecule has 0 atom stereocenters. The molecule has 0 bridgehead atoms. The van der Waals surface area contributed by atoms with Gasteiger partial charge in [0, 0.05) is 44.6 Å². The quantitative estimate of drug-likeness (QED) is 0.157. The van der Waals surface area contributed by atoms with Crippen LogP contribution in [0.15, 0.2) is 218 Å². The second kappa shape index (κ2) is 14.4. The number of fused-ring (bicyclic) bond motifs is 8. The van der Waals surface area contributed by atoms with Crippen molar-refractivity contribution in [2.75, 3.05) is 4.90 Å². The number of rotatable bonds is 7. The Hall–Kier alpha value is -7.88. The van der Waals surface area contributed by atoms with Gasteiger partial charge in [0.25, 0.3) is 0 Å². The van der Waals surface area contributed by atoms with E-state index in [0.29, 0.717) is 0 Å². The predicted molar refractivity (Wildman–Crippen MR) is 258 cm³/mol. The van der Waals surface area contributed by atoms with E-state index < -0.39 is 0 Å². The number of anilines is 3. The predicted octanol–water partition coefficient (Wildman–Crippen LogP) is 15.6. The Morgan fingerprint density at radius 2 is 0.934 bits per heavy atom. The highest BCUT2D eigenvalue weighted by Gasteiger charge is 2.23. The Balaban J connectivity index is 0.964. The van der Waals surface area contributed by atoms with Crippen LogP contribution in [0.3, 0.4) is 0 Å². The van der Waals surface area contributed by atoms with Crippen LogP contribution >= 0.6 is 0 Å². The lowest BCUT2D eigenvalue weighted by Crippen LogP contribution is -2.10. The molecule has 0 saturated carbocycles. The molecule has 0 radical (unpaired) electrons. The molecule has 0 N–H and O–H groups in total. The first kappa shape index (κ1) is 35.1. The third kappa shape index (κ3) is 5.81. The maximum Gasteiger partial charge on any atom is 0.0562 e. The van der Waals surface area contributed by atoms with Crippen molar-refractivity contribution < 1.29 is 0 Å². The van der Waals surface area contributed by atoms with Gasteiger partial charge in [0.15, 0.2) is 0 Å².